The zero-order valence-electron chi connectivity index (χ0n) is 12.9. The summed E-state index contributed by atoms with van der Waals surface area (Å²) in [7, 11) is -3.88. The molecule has 1 aromatic carbocycles. The molecule has 0 fully saturated rings. The first kappa shape index (κ1) is 19.6. The third-order valence-electron chi connectivity index (χ3n) is 2.81. The lowest BCUT2D eigenvalue weighted by Crippen LogP contribution is -2.34. The maximum atomic E-state index is 13.3. The molecule has 0 saturated heterocycles. The van der Waals surface area contributed by atoms with Crippen LogP contribution in [0.15, 0.2) is 27.8 Å². The maximum absolute atomic E-state index is 13.3. The molecule has 0 spiro atoms. The van der Waals surface area contributed by atoms with E-state index in [0.717, 1.165) is 18.2 Å². The Morgan fingerprint density at radius 2 is 2.12 bits per heavy atom. The van der Waals surface area contributed by atoms with Gasteiger partial charge in [0.25, 0.3) is 22.5 Å². The summed E-state index contributed by atoms with van der Waals surface area (Å²) in [6.07, 6.45) is -3.02. The quantitative estimate of drug-likeness (QED) is 0.331. The molecule has 26 heavy (non-hydrogen) atoms. The van der Waals surface area contributed by atoms with E-state index in [-0.39, 0.29) is 36.2 Å². The van der Waals surface area contributed by atoms with Gasteiger partial charge in [-0.1, -0.05) is 0 Å². The lowest BCUT2D eigenvalue weighted by molar-refractivity contribution is 0.146. The van der Waals surface area contributed by atoms with Crippen LogP contribution in [-0.4, -0.2) is 37.7 Å². The Morgan fingerprint density at radius 1 is 1.38 bits per heavy atom. The topological polar surface area (TPSA) is 159 Å². The van der Waals surface area contributed by atoms with Crippen molar-refractivity contribution >= 4 is 21.7 Å². The average molecular weight is 394 g/mol. The molecule has 0 saturated carbocycles. The van der Waals surface area contributed by atoms with Crippen LogP contribution in [0.25, 0.3) is 0 Å². The molecule has 0 aliphatic rings. The summed E-state index contributed by atoms with van der Waals surface area (Å²) >= 11 is 0. The van der Waals surface area contributed by atoms with Crippen molar-refractivity contribution in [2.24, 2.45) is 15.9 Å². The smallest absolute Gasteiger partial charge is 0.287 e. The van der Waals surface area contributed by atoms with Gasteiger partial charge in [0.05, 0.1) is 11.3 Å². The maximum Gasteiger partial charge on any atom is 0.287 e. The Morgan fingerprint density at radius 3 is 2.77 bits per heavy atom. The van der Waals surface area contributed by atoms with Crippen molar-refractivity contribution in [2.45, 2.75) is 6.43 Å². The Kier molecular flexibility index (Phi) is 6.12. The van der Waals surface area contributed by atoms with Gasteiger partial charge in [-0.25, -0.2) is 27.9 Å². The van der Waals surface area contributed by atoms with Crippen molar-refractivity contribution in [3.63, 3.8) is 0 Å². The minimum absolute atomic E-state index is 0.0518. The lowest BCUT2D eigenvalue weighted by atomic mass is 10.2. The van der Waals surface area contributed by atoms with Crippen LogP contribution in [-0.2, 0) is 10.2 Å². The predicted molar refractivity (Wildman–Crippen MR) is 82.6 cm³/mol. The van der Waals surface area contributed by atoms with Gasteiger partial charge in [0.15, 0.2) is 5.84 Å². The molecule has 5 N–H and O–H groups in total. The molecule has 0 aliphatic heterocycles. The lowest BCUT2D eigenvalue weighted by Gasteiger charge is -2.05. The highest BCUT2D eigenvalue weighted by Gasteiger charge is 2.17. The minimum atomic E-state index is -3.88. The van der Waals surface area contributed by atoms with Gasteiger partial charge in [0.2, 0.25) is 5.69 Å². The van der Waals surface area contributed by atoms with Crippen molar-refractivity contribution in [1.82, 2.24) is 15.0 Å². The molecule has 1 aromatic heterocycles. The van der Waals surface area contributed by atoms with Gasteiger partial charge in [-0.15, -0.1) is 0 Å². The third-order valence-corrected chi connectivity index (χ3v) is 3.42. The summed E-state index contributed by atoms with van der Waals surface area (Å²) in [5, 5.41) is 11.6. The van der Waals surface area contributed by atoms with Gasteiger partial charge in [-0.05, 0) is 28.5 Å². The zero-order valence-corrected chi connectivity index (χ0v) is 13.7. The number of halogens is 3. The van der Waals surface area contributed by atoms with Crippen LogP contribution >= 0.6 is 0 Å². The van der Waals surface area contributed by atoms with E-state index in [2.05, 4.69) is 19.9 Å². The first-order valence-electron chi connectivity index (χ1n) is 6.82. The van der Waals surface area contributed by atoms with Crippen LogP contribution < -0.4 is 20.3 Å². The fourth-order valence-electron chi connectivity index (χ4n) is 1.72. The molecule has 0 atom stereocenters. The van der Waals surface area contributed by atoms with E-state index in [9.17, 15) is 21.6 Å². The number of aromatic nitrogens is 2. The number of benzene rings is 1. The van der Waals surface area contributed by atoms with Crippen LogP contribution in [0, 0.1) is 5.82 Å². The third kappa shape index (κ3) is 5.40. The van der Waals surface area contributed by atoms with E-state index < -0.39 is 28.0 Å². The van der Waals surface area contributed by atoms with E-state index in [4.69, 9.17) is 15.6 Å². The molecule has 0 unspecified atom stereocenters. The molecule has 0 radical (unpaired) electrons. The minimum Gasteiger partial charge on any atom is -0.472 e. The predicted octanol–water partition coefficient (Wildman–Crippen LogP) is 0.355. The van der Waals surface area contributed by atoms with Crippen molar-refractivity contribution in [3.05, 3.63) is 35.3 Å². The zero-order chi connectivity index (χ0) is 19.3. The van der Waals surface area contributed by atoms with Crippen molar-refractivity contribution < 1.29 is 31.0 Å². The summed E-state index contributed by atoms with van der Waals surface area (Å²) in [5.41, 5.74) is 4.67. The second kappa shape index (κ2) is 8.11. The van der Waals surface area contributed by atoms with Crippen molar-refractivity contribution in [1.29, 1.82) is 0 Å². The number of aliphatic imine (C=N–C) groups is 1. The van der Waals surface area contributed by atoms with Gasteiger partial charge < -0.3 is 10.5 Å². The Hall–Kier alpha value is -2.71. The van der Waals surface area contributed by atoms with E-state index in [0.29, 0.717) is 0 Å². The van der Waals surface area contributed by atoms with E-state index >= 15 is 0 Å². The fourth-order valence-corrected chi connectivity index (χ4v) is 2.09. The monoisotopic (exact) mass is 394 g/mol. The largest absolute Gasteiger partial charge is 0.472 e. The van der Waals surface area contributed by atoms with Crippen LogP contribution in [0.4, 0.5) is 18.9 Å². The van der Waals surface area contributed by atoms with E-state index in [1.54, 1.807) is 0 Å². The summed E-state index contributed by atoms with van der Waals surface area (Å²) < 4.78 is 71.7. The number of rotatable bonds is 8. The van der Waals surface area contributed by atoms with E-state index in [1.165, 1.54) is 0 Å². The fraction of sp³-hybridized carbons (Fsp3) is 0.250. The summed E-state index contributed by atoms with van der Waals surface area (Å²) in [6.45, 7) is -0.352. The molecule has 2 aromatic rings. The Balaban J connectivity index is 2.13. The number of alkyl halides is 2. The molecular weight excluding hydrogens is 381 g/mol. The number of hydrogen-bond acceptors (Lipinski definition) is 7. The standard InChI is InChI=1S/C12H13F3N6O4S/c13-8-2-1-6(5-7(8)10(14)15)19-11(16)9-12(21-25-20-9)24-4-3-18-26(17,22)23/h1-2,5,10,18H,3-4H2,(H2,16,19)(H2,17,22,23). The molecule has 0 bridgehead atoms. The van der Waals surface area contributed by atoms with Crippen LogP contribution in [0.2, 0.25) is 0 Å². The summed E-state index contributed by atoms with van der Waals surface area (Å²) in [6, 6.07) is 2.79. The highest BCUT2D eigenvalue weighted by atomic mass is 32.2. The number of nitrogens with two attached hydrogens (primary N) is 2. The highest BCUT2D eigenvalue weighted by Crippen LogP contribution is 2.26. The number of nitrogens with zero attached hydrogens (tertiary/aromatic N) is 3. The molecule has 1 heterocycles. The van der Waals surface area contributed by atoms with Crippen molar-refractivity contribution in [3.8, 4) is 5.88 Å². The molecule has 0 aliphatic carbocycles. The SMILES string of the molecule is NC(=Nc1ccc(F)c(C(F)F)c1)c1nonc1OCCNS(N)(=O)=O. The molecule has 14 heteroatoms. The molecule has 142 valence electrons. The number of hydrogen-bond donors (Lipinski definition) is 3. The van der Waals surface area contributed by atoms with Crippen LogP contribution in [0.5, 0.6) is 5.88 Å². The molecule has 2 rings (SSSR count). The molecular formula is C12H13F3N6O4S. The number of amidine groups is 1. The Labute approximate surface area is 145 Å². The van der Waals surface area contributed by atoms with Gasteiger partial charge in [-0.3, -0.25) is 0 Å². The highest BCUT2D eigenvalue weighted by molar-refractivity contribution is 7.87. The summed E-state index contributed by atoms with van der Waals surface area (Å²) in [5.74, 6) is -1.59. The first-order valence-corrected chi connectivity index (χ1v) is 8.37. The Bertz CT molecular complexity index is 902. The van der Waals surface area contributed by atoms with Crippen molar-refractivity contribution in [2.75, 3.05) is 13.2 Å². The first-order chi connectivity index (χ1) is 12.2. The molecule has 10 nitrogen and oxygen atoms in total. The number of nitrogens with one attached hydrogen (secondary N) is 1. The van der Waals surface area contributed by atoms with Crippen LogP contribution in [0.1, 0.15) is 17.7 Å². The molecule has 0 amide bonds. The normalized spacial score (nSPS) is 12.6. The number of ether oxygens (including phenoxy) is 1. The van der Waals surface area contributed by atoms with E-state index in [1.807, 2.05) is 4.72 Å². The average Bonchev–Trinajstić information content (AvgIpc) is 3.01. The van der Waals surface area contributed by atoms with Gasteiger partial charge in [-0.2, -0.15) is 13.1 Å². The van der Waals surface area contributed by atoms with Gasteiger partial charge >= 0.3 is 0 Å². The summed E-state index contributed by atoms with van der Waals surface area (Å²) in [4.78, 5) is 3.83. The second-order valence-corrected chi connectivity index (χ2v) is 6.09. The second-order valence-electron chi connectivity index (χ2n) is 4.71. The van der Waals surface area contributed by atoms with Crippen LogP contribution in [0.3, 0.4) is 0 Å². The van der Waals surface area contributed by atoms with Gasteiger partial charge in [0.1, 0.15) is 12.4 Å². The van der Waals surface area contributed by atoms with Gasteiger partial charge in [0, 0.05) is 6.54 Å².